The fraction of sp³-hybridized carbons (Fsp3) is 0.0833. The quantitative estimate of drug-likeness (QED) is 0.837. The highest BCUT2D eigenvalue weighted by molar-refractivity contribution is 6.44. The molecule has 1 heterocycles. The average Bonchev–Trinajstić information content (AvgIpc) is 2.35. The van der Waals surface area contributed by atoms with Crippen LogP contribution in [0.1, 0.15) is 5.69 Å². The third kappa shape index (κ3) is 2.59. The van der Waals surface area contributed by atoms with Gasteiger partial charge in [-0.3, -0.25) is 0 Å². The van der Waals surface area contributed by atoms with Crippen molar-refractivity contribution < 1.29 is 9.50 Å². The van der Waals surface area contributed by atoms with Crippen LogP contribution in [0.5, 0.6) is 0 Å². The maximum atomic E-state index is 13.2. The highest BCUT2D eigenvalue weighted by atomic mass is 35.5. The predicted molar refractivity (Wildman–Crippen MR) is 70.6 cm³/mol. The molecule has 0 bridgehead atoms. The maximum Gasteiger partial charge on any atom is 0.147 e. The SMILES string of the molecule is OCc1nc(-c2cc(Cl)c(Cl)cc2Cl)ccc1F. The van der Waals surface area contributed by atoms with Gasteiger partial charge in [0.25, 0.3) is 0 Å². The van der Waals surface area contributed by atoms with E-state index in [0.29, 0.717) is 26.3 Å². The van der Waals surface area contributed by atoms with Crippen LogP contribution >= 0.6 is 34.8 Å². The molecule has 0 aliphatic carbocycles. The second-order valence-corrected chi connectivity index (χ2v) is 4.75. The van der Waals surface area contributed by atoms with E-state index in [-0.39, 0.29) is 5.69 Å². The van der Waals surface area contributed by atoms with Gasteiger partial charge in [0.05, 0.1) is 27.4 Å². The number of hydrogen-bond acceptors (Lipinski definition) is 2. The van der Waals surface area contributed by atoms with Gasteiger partial charge >= 0.3 is 0 Å². The number of aliphatic hydroxyl groups excluding tert-OH is 1. The van der Waals surface area contributed by atoms with E-state index in [9.17, 15) is 4.39 Å². The second-order valence-electron chi connectivity index (χ2n) is 3.53. The van der Waals surface area contributed by atoms with E-state index in [1.54, 1.807) is 6.07 Å². The fourth-order valence-corrected chi connectivity index (χ4v) is 2.11. The van der Waals surface area contributed by atoms with Crippen LogP contribution in [0.25, 0.3) is 11.3 Å². The minimum atomic E-state index is -0.572. The third-order valence-electron chi connectivity index (χ3n) is 2.35. The molecule has 1 aromatic carbocycles. The summed E-state index contributed by atoms with van der Waals surface area (Å²) in [4.78, 5) is 3.98. The fourth-order valence-electron chi connectivity index (χ4n) is 1.46. The van der Waals surface area contributed by atoms with Crippen LogP contribution in [0, 0.1) is 5.82 Å². The van der Waals surface area contributed by atoms with Crippen molar-refractivity contribution in [3.05, 3.63) is 50.8 Å². The zero-order valence-corrected chi connectivity index (χ0v) is 11.2. The molecule has 0 amide bonds. The van der Waals surface area contributed by atoms with Crippen LogP contribution in [0.3, 0.4) is 0 Å². The Kier molecular flexibility index (Phi) is 4.07. The Morgan fingerprint density at radius 2 is 1.72 bits per heavy atom. The van der Waals surface area contributed by atoms with Crippen LogP contribution in [0.2, 0.25) is 15.1 Å². The van der Waals surface area contributed by atoms with Crippen LogP contribution in [0.4, 0.5) is 4.39 Å². The Balaban J connectivity index is 2.58. The summed E-state index contributed by atoms with van der Waals surface area (Å²) in [6, 6.07) is 5.71. The normalized spacial score (nSPS) is 10.7. The molecule has 0 aliphatic heterocycles. The lowest BCUT2D eigenvalue weighted by molar-refractivity contribution is 0.270. The Hall–Kier alpha value is -0.870. The van der Waals surface area contributed by atoms with Gasteiger partial charge in [-0.1, -0.05) is 34.8 Å². The Labute approximate surface area is 118 Å². The van der Waals surface area contributed by atoms with Gasteiger partial charge in [-0.05, 0) is 24.3 Å². The molecule has 0 saturated carbocycles. The molecule has 1 N–H and O–H groups in total. The highest BCUT2D eigenvalue weighted by Crippen LogP contribution is 2.34. The standard InChI is InChI=1S/C12H7Cl3FNO/c13-7-4-9(15)8(14)3-6(7)11-2-1-10(16)12(5-18)17-11/h1-4,18H,5H2. The smallest absolute Gasteiger partial charge is 0.147 e. The Morgan fingerprint density at radius 1 is 1.06 bits per heavy atom. The van der Waals surface area contributed by atoms with Gasteiger partial charge in [-0.2, -0.15) is 0 Å². The minimum Gasteiger partial charge on any atom is -0.390 e. The molecule has 2 rings (SSSR count). The molecule has 0 saturated heterocycles. The van der Waals surface area contributed by atoms with Gasteiger partial charge in [-0.15, -0.1) is 0 Å². The Morgan fingerprint density at radius 3 is 2.39 bits per heavy atom. The van der Waals surface area contributed by atoms with Crippen molar-refractivity contribution in [3.63, 3.8) is 0 Å². The second kappa shape index (κ2) is 5.41. The monoisotopic (exact) mass is 305 g/mol. The van der Waals surface area contributed by atoms with Crippen molar-refractivity contribution in [1.29, 1.82) is 0 Å². The summed E-state index contributed by atoms with van der Waals surface area (Å²) in [7, 11) is 0. The maximum absolute atomic E-state index is 13.2. The average molecular weight is 307 g/mol. The van der Waals surface area contributed by atoms with E-state index in [1.807, 2.05) is 0 Å². The summed E-state index contributed by atoms with van der Waals surface area (Å²) in [5.41, 5.74) is 0.902. The number of rotatable bonds is 2. The molecule has 0 radical (unpaired) electrons. The molecule has 0 spiro atoms. The van der Waals surface area contributed by atoms with Crippen LogP contribution in [-0.4, -0.2) is 10.1 Å². The van der Waals surface area contributed by atoms with Crippen molar-refractivity contribution in [3.8, 4) is 11.3 Å². The van der Waals surface area contributed by atoms with Crippen molar-refractivity contribution in [2.45, 2.75) is 6.61 Å². The molecule has 1 aromatic heterocycles. The molecule has 6 heteroatoms. The molecular formula is C12H7Cl3FNO. The molecule has 94 valence electrons. The zero-order chi connectivity index (χ0) is 13.3. The van der Waals surface area contributed by atoms with E-state index in [1.165, 1.54) is 18.2 Å². The molecule has 2 nitrogen and oxygen atoms in total. The number of nitrogens with zero attached hydrogens (tertiary/aromatic N) is 1. The largest absolute Gasteiger partial charge is 0.390 e. The number of benzene rings is 1. The van der Waals surface area contributed by atoms with Gasteiger partial charge < -0.3 is 5.11 Å². The molecule has 0 aliphatic rings. The van der Waals surface area contributed by atoms with Gasteiger partial charge in [0.15, 0.2) is 0 Å². The summed E-state index contributed by atoms with van der Waals surface area (Å²) in [5.74, 6) is -0.572. The van der Waals surface area contributed by atoms with Crippen LogP contribution < -0.4 is 0 Å². The first kappa shape index (κ1) is 13.6. The van der Waals surface area contributed by atoms with E-state index in [0.717, 1.165) is 0 Å². The highest BCUT2D eigenvalue weighted by Gasteiger charge is 2.11. The summed E-state index contributed by atoms with van der Waals surface area (Å²) < 4.78 is 13.2. The summed E-state index contributed by atoms with van der Waals surface area (Å²) >= 11 is 17.8. The number of aromatic nitrogens is 1. The molecule has 0 fully saturated rings. The number of aliphatic hydroxyl groups is 1. The van der Waals surface area contributed by atoms with Crippen molar-refractivity contribution in [1.82, 2.24) is 4.98 Å². The van der Waals surface area contributed by atoms with E-state index >= 15 is 0 Å². The van der Waals surface area contributed by atoms with Crippen molar-refractivity contribution in [2.75, 3.05) is 0 Å². The van der Waals surface area contributed by atoms with E-state index in [2.05, 4.69) is 4.98 Å². The van der Waals surface area contributed by atoms with E-state index < -0.39 is 12.4 Å². The summed E-state index contributed by atoms with van der Waals surface area (Å²) in [6.45, 7) is -0.487. The molecule has 0 atom stereocenters. The summed E-state index contributed by atoms with van der Waals surface area (Å²) in [5, 5.41) is 9.98. The third-order valence-corrected chi connectivity index (χ3v) is 3.39. The predicted octanol–water partition coefficient (Wildman–Crippen LogP) is 4.34. The number of pyridine rings is 1. The van der Waals surface area contributed by atoms with Gasteiger partial charge in [0, 0.05) is 5.56 Å². The summed E-state index contributed by atoms with van der Waals surface area (Å²) in [6.07, 6.45) is 0. The lowest BCUT2D eigenvalue weighted by Gasteiger charge is -2.07. The van der Waals surface area contributed by atoms with E-state index in [4.69, 9.17) is 39.9 Å². The molecule has 0 unspecified atom stereocenters. The zero-order valence-electron chi connectivity index (χ0n) is 8.92. The van der Waals surface area contributed by atoms with Crippen LogP contribution in [0.15, 0.2) is 24.3 Å². The lowest BCUT2D eigenvalue weighted by atomic mass is 10.1. The topological polar surface area (TPSA) is 33.1 Å². The minimum absolute atomic E-state index is 0.0466. The molecule has 2 aromatic rings. The van der Waals surface area contributed by atoms with Gasteiger partial charge in [0.1, 0.15) is 11.5 Å². The Bertz CT molecular complexity index is 604. The first-order valence-electron chi connectivity index (χ1n) is 4.94. The first-order valence-corrected chi connectivity index (χ1v) is 6.07. The number of halogens is 4. The van der Waals surface area contributed by atoms with Crippen molar-refractivity contribution in [2.24, 2.45) is 0 Å². The van der Waals surface area contributed by atoms with Crippen LogP contribution in [-0.2, 0) is 6.61 Å². The lowest BCUT2D eigenvalue weighted by Crippen LogP contribution is -1.96. The number of hydrogen-bond donors (Lipinski definition) is 1. The molecule has 18 heavy (non-hydrogen) atoms. The first-order chi connectivity index (χ1) is 8.52. The van der Waals surface area contributed by atoms with Crippen molar-refractivity contribution >= 4 is 34.8 Å². The van der Waals surface area contributed by atoms with Gasteiger partial charge in [-0.25, -0.2) is 9.37 Å². The molecular weight excluding hydrogens is 299 g/mol. The van der Waals surface area contributed by atoms with Gasteiger partial charge in [0.2, 0.25) is 0 Å².